The van der Waals surface area contributed by atoms with Crippen molar-refractivity contribution in [2.75, 3.05) is 0 Å². The van der Waals surface area contributed by atoms with Gasteiger partial charge in [-0.3, -0.25) is 4.79 Å². The van der Waals surface area contributed by atoms with E-state index in [1.54, 1.807) is 0 Å². The zero-order valence-electron chi connectivity index (χ0n) is 5.63. The summed E-state index contributed by atoms with van der Waals surface area (Å²) in [4.78, 5) is 10.4. The van der Waals surface area contributed by atoms with Gasteiger partial charge in [0, 0.05) is 0 Å². The molecule has 0 aromatic carbocycles. The molecule has 0 aliphatic rings. The molecule has 0 bridgehead atoms. The number of nitrogens with two attached hydrogens (primary N) is 1. The first-order chi connectivity index (χ1) is 4.18. The third-order valence-corrected chi connectivity index (χ3v) is 1.52. The minimum Gasteiger partial charge on any atom is -0.321 e. The van der Waals surface area contributed by atoms with Crippen molar-refractivity contribution in [2.45, 2.75) is 32.2 Å². The Hall–Kier alpha value is -0.0200. The fraction of sp³-hybridized carbons (Fsp3) is 0.833. The molecule has 2 N–H and O–H groups in total. The molecule has 0 aromatic rings. The number of hydrogen-bond donors (Lipinski definition) is 2. The Bertz CT molecular complexity index is 95.1. The molecule has 9 heavy (non-hydrogen) atoms. The van der Waals surface area contributed by atoms with Gasteiger partial charge in [-0.2, -0.15) is 0 Å². The molecule has 0 aliphatic carbocycles. The van der Waals surface area contributed by atoms with Crippen LogP contribution in [0.25, 0.3) is 0 Å². The largest absolute Gasteiger partial charge is 0.321 e. The van der Waals surface area contributed by atoms with Crippen molar-refractivity contribution in [2.24, 2.45) is 5.73 Å². The van der Waals surface area contributed by atoms with E-state index >= 15 is 0 Å². The molecule has 0 spiro atoms. The average Bonchev–Trinajstić information content (AvgIpc) is 1.82. The van der Waals surface area contributed by atoms with Crippen LogP contribution in [0.4, 0.5) is 0 Å². The van der Waals surface area contributed by atoms with Crippen molar-refractivity contribution in [1.29, 1.82) is 0 Å². The summed E-state index contributed by atoms with van der Waals surface area (Å²) in [5.74, 6) is 0. The molecule has 0 fully saturated rings. The van der Waals surface area contributed by atoms with Crippen LogP contribution in [-0.2, 0) is 4.79 Å². The number of hydrogen-bond acceptors (Lipinski definition) is 2. The zero-order valence-corrected chi connectivity index (χ0v) is 6.53. The maximum atomic E-state index is 10.4. The van der Waals surface area contributed by atoms with E-state index in [1.807, 2.05) is 0 Å². The monoisotopic (exact) mass is 147 g/mol. The van der Waals surface area contributed by atoms with Gasteiger partial charge in [0.25, 0.3) is 0 Å². The van der Waals surface area contributed by atoms with Gasteiger partial charge >= 0.3 is 0 Å². The van der Waals surface area contributed by atoms with Gasteiger partial charge in [-0.1, -0.05) is 19.8 Å². The van der Waals surface area contributed by atoms with Crippen LogP contribution in [0.3, 0.4) is 0 Å². The lowest BCUT2D eigenvalue weighted by Crippen LogP contribution is -2.26. The molecule has 0 aliphatic heterocycles. The lowest BCUT2D eigenvalue weighted by Gasteiger charge is -2.03. The Kier molecular flexibility index (Phi) is 4.81. The van der Waals surface area contributed by atoms with Crippen molar-refractivity contribution in [3.8, 4) is 0 Å². The predicted octanol–water partition coefficient (Wildman–Crippen LogP) is 0.960. The third-order valence-electron chi connectivity index (χ3n) is 1.19. The quantitative estimate of drug-likeness (QED) is 0.582. The smallest absolute Gasteiger partial charge is 0.202 e. The van der Waals surface area contributed by atoms with E-state index in [9.17, 15) is 4.79 Å². The summed E-state index contributed by atoms with van der Waals surface area (Å²) in [6.45, 7) is 2.07. The van der Waals surface area contributed by atoms with Crippen LogP contribution in [0.2, 0.25) is 0 Å². The van der Waals surface area contributed by atoms with Gasteiger partial charge in [-0.25, -0.2) is 0 Å². The third kappa shape index (κ3) is 4.48. The molecule has 0 amide bonds. The summed E-state index contributed by atoms with van der Waals surface area (Å²) in [7, 11) is 0. The first-order valence-electron chi connectivity index (χ1n) is 3.17. The molecule has 0 saturated carbocycles. The summed E-state index contributed by atoms with van der Waals surface area (Å²) in [5.41, 5.74) is 5.38. The van der Waals surface area contributed by atoms with Crippen LogP contribution >= 0.6 is 12.6 Å². The normalized spacial score (nSPS) is 13.2. The van der Waals surface area contributed by atoms with E-state index < -0.39 is 0 Å². The van der Waals surface area contributed by atoms with Gasteiger partial charge < -0.3 is 5.73 Å². The number of unbranched alkanes of at least 4 members (excludes halogenated alkanes) is 1. The van der Waals surface area contributed by atoms with Crippen molar-refractivity contribution in [1.82, 2.24) is 0 Å². The fourth-order valence-corrected chi connectivity index (χ4v) is 0.677. The lowest BCUT2D eigenvalue weighted by atomic mass is 10.1. The molecule has 0 unspecified atom stereocenters. The van der Waals surface area contributed by atoms with Gasteiger partial charge in [0.2, 0.25) is 5.12 Å². The van der Waals surface area contributed by atoms with E-state index in [1.165, 1.54) is 0 Å². The second-order valence-corrected chi connectivity index (χ2v) is 2.53. The molecule has 0 heterocycles. The first kappa shape index (κ1) is 8.98. The van der Waals surface area contributed by atoms with Gasteiger partial charge in [0.1, 0.15) is 0 Å². The highest BCUT2D eigenvalue weighted by atomic mass is 32.1. The predicted molar refractivity (Wildman–Crippen MR) is 41.5 cm³/mol. The van der Waals surface area contributed by atoms with E-state index in [0.717, 1.165) is 19.3 Å². The Labute approximate surface area is 61.2 Å². The maximum absolute atomic E-state index is 10.4. The Morgan fingerprint density at radius 1 is 1.78 bits per heavy atom. The standard InChI is InChI=1S/C6H13NOS/c1-2-3-4-5(7)6(8)9/h5H,2-4,7H2,1H3,(H,8,9)/t5-/m0/s1. The lowest BCUT2D eigenvalue weighted by molar-refractivity contribution is -0.112. The highest BCUT2D eigenvalue weighted by molar-refractivity contribution is 7.96. The van der Waals surface area contributed by atoms with Crippen LogP contribution in [0.15, 0.2) is 0 Å². The first-order valence-corrected chi connectivity index (χ1v) is 3.61. The zero-order chi connectivity index (χ0) is 7.28. The minimum atomic E-state index is -0.353. The SMILES string of the molecule is CCCC[C@H](N)C(=O)S. The van der Waals surface area contributed by atoms with Gasteiger partial charge in [-0.15, -0.1) is 12.6 Å². The average molecular weight is 147 g/mol. The number of rotatable bonds is 4. The molecular formula is C6H13NOS. The minimum absolute atomic E-state index is 0.205. The molecule has 0 rings (SSSR count). The summed E-state index contributed by atoms with van der Waals surface area (Å²) in [5, 5.41) is -0.205. The maximum Gasteiger partial charge on any atom is 0.202 e. The molecule has 3 heteroatoms. The molecule has 0 aromatic heterocycles. The molecule has 0 radical (unpaired) electrons. The van der Waals surface area contributed by atoms with E-state index in [2.05, 4.69) is 19.6 Å². The van der Waals surface area contributed by atoms with Gasteiger partial charge in [0.15, 0.2) is 0 Å². The number of thiol groups is 1. The van der Waals surface area contributed by atoms with Crippen molar-refractivity contribution < 1.29 is 4.79 Å². The molecule has 1 atom stereocenters. The summed E-state index contributed by atoms with van der Waals surface area (Å²) in [6.07, 6.45) is 2.85. The summed E-state index contributed by atoms with van der Waals surface area (Å²) < 4.78 is 0. The second-order valence-electron chi connectivity index (χ2n) is 2.09. The number of carbonyl (C=O) groups excluding carboxylic acids is 1. The van der Waals surface area contributed by atoms with Gasteiger partial charge in [0.05, 0.1) is 6.04 Å². The molecule has 0 saturated heterocycles. The van der Waals surface area contributed by atoms with E-state index in [0.29, 0.717) is 0 Å². The van der Waals surface area contributed by atoms with Crippen molar-refractivity contribution in [3.63, 3.8) is 0 Å². The number of carbonyl (C=O) groups is 1. The van der Waals surface area contributed by atoms with E-state index in [4.69, 9.17) is 5.73 Å². The second kappa shape index (κ2) is 4.82. The summed E-state index contributed by atoms with van der Waals surface area (Å²) >= 11 is 3.60. The Morgan fingerprint density at radius 2 is 2.33 bits per heavy atom. The topological polar surface area (TPSA) is 43.1 Å². The van der Waals surface area contributed by atoms with Crippen LogP contribution in [0.1, 0.15) is 26.2 Å². The Balaban J connectivity index is 3.27. The van der Waals surface area contributed by atoms with Crippen LogP contribution in [-0.4, -0.2) is 11.2 Å². The highest BCUT2D eigenvalue weighted by Crippen LogP contribution is 1.99. The van der Waals surface area contributed by atoms with Gasteiger partial charge in [-0.05, 0) is 6.42 Å². The summed E-state index contributed by atoms with van der Waals surface area (Å²) in [6, 6.07) is -0.353. The van der Waals surface area contributed by atoms with Crippen molar-refractivity contribution >= 4 is 17.7 Å². The fourth-order valence-electron chi connectivity index (χ4n) is 0.548. The molecule has 2 nitrogen and oxygen atoms in total. The molecular weight excluding hydrogens is 134 g/mol. The van der Waals surface area contributed by atoms with Crippen LogP contribution < -0.4 is 5.73 Å². The van der Waals surface area contributed by atoms with Crippen molar-refractivity contribution in [3.05, 3.63) is 0 Å². The van der Waals surface area contributed by atoms with E-state index in [-0.39, 0.29) is 11.2 Å². The molecule has 54 valence electrons. The highest BCUT2D eigenvalue weighted by Gasteiger charge is 2.06. The van der Waals surface area contributed by atoms with Crippen LogP contribution in [0.5, 0.6) is 0 Å². The Morgan fingerprint density at radius 3 is 2.67 bits per heavy atom. The van der Waals surface area contributed by atoms with Crippen LogP contribution in [0, 0.1) is 0 Å².